The molecule has 0 heterocycles. The lowest BCUT2D eigenvalue weighted by molar-refractivity contribution is 0.164. The Kier molecular flexibility index (Phi) is 3.76. The van der Waals surface area contributed by atoms with E-state index in [4.69, 9.17) is 0 Å². The van der Waals surface area contributed by atoms with Crippen LogP contribution in [0.5, 0.6) is 0 Å². The lowest BCUT2D eigenvalue weighted by atomic mass is 9.90. The summed E-state index contributed by atoms with van der Waals surface area (Å²) in [5, 5.41) is 19.6. The van der Waals surface area contributed by atoms with Crippen LogP contribution in [0.25, 0.3) is 0 Å². The number of aliphatic hydroxyl groups excluding tert-OH is 1. The SMILES string of the molecule is Cc1ccc([C@@H](O)[C@@H](C#N)c2ccccc2)cc1. The van der Waals surface area contributed by atoms with Gasteiger partial charge in [0.05, 0.1) is 12.2 Å². The molecule has 0 radical (unpaired) electrons. The largest absolute Gasteiger partial charge is 0.387 e. The van der Waals surface area contributed by atoms with E-state index in [1.165, 1.54) is 0 Å². The number of nitrogens with zero attached hydrogens (tertiary/aromatic N) is 1. The average Bonchev–Trinajstić information content (AvgIpc) is 2.41. The minimum Gasteiger partial charge on any atom is -0.387 e. The van der Waals surface area contributed by atoms with Gasteiger partial charge in [-0.25, -0.2) is 0 Å². The first-order valence-electron chi connectivity index (χ1n) is 5.91. The third-order valence-corrected chi connectivity index (χ3v) is 3.03. The number of aliphatic hydroxyl groups is 1. The second kappa shape index (κ2) is 5.48. The molecule has 90 valence electrons. The van der Waals surface area contributed by atoms with Crippen LogP contribution in [0.3, 0.4) is 0 Å². The van der Waals surface area contributed by atoms with Gasteiger partial charge in [-0.2, -0.15) is 5.26 Å². The van der Waals surface area contributed by atoms with Crippen molar-refractivity contribution in [3.05, 3.63) is 71.3 Å². The average molecular weight is 237 g/mol. The molecule has 2 aromatic rings. The molecule has 2 aromatic carbocycles. The molecular weight excluding hydrogens is 222 g/mol. The quantitative estimate of drug-likeness (QED) is 0.889. The topological polar surface area (TPSA) is 44.0 Å². The van der Waals surface area contributed by atoms with Crippen LogP contribution in [0.1, 0.15) is 28.7 Å². The summed E-state index contributed by atoms with van der Waals surface area (Å²) in [4.78, 5) is 0. The Bertz CT molecular complexity index is 540. The highest BCUT2D eigenvalue weighted by Gasteiger charge is 2.22. The molecule has 0 aliphatic carbocycles. The fourth-order valence-electron chi connectivity index (χ4n) is 1.94. The van der Waals surface area contributed by atoms with Crippen LogP contribution in [-0.4, -0.2) is 5.11 Å². The van der Waals surface area contributed by atoms with Crippen LogP contribution in [0, 0.1) is 18.3 Å². The normalized spacial score (nSPS) is 13.6. The Morgan fingerprint density at radius 2 is 1.56 bits per heavy atom. The van der Waals surface area contributed by atoms with E-state index >= 15 is 0 Å². The molecule has 0 aliphatic heterocycles. The number of hydrogen-bond donors (Lipinski definition) is 1. The van der Waals surface area contributed by atoms with Crippen LogP contribution in [-0.2, 0) is 0 Å². The molecule has 2 nitrogen and oxygen atoms in total. The van der Waals surface area contributed by atoms with Crippen molar-refractivity contribution in [2.75, 3.05) is 0 Å². The highest BCUT2D eigenvalue weighted by atomic mass is 16.3. The van der Waals surface area contributed by atoms with Gasteiger partial charge in [-0.15, -0.1) is 0 Å². The minimum atomic E-state index is -0.794. The van der Waals surface area contributed by atoms with E-state index in [0.29, 0.717) is 0 Å². The molecule has 18 heavy (non-hydrogen) atoms. The van der Waals surface area contributed by atoms with Crippen LogP contribution in [0.2, 0.25) is 0 Å². The van der Waals surface area contributed by atoms with Crippen molar-refractivity contribution in [1.82, 2.24) is 0 Å². The zero-order valence-electron chi connectivity index (χ0n) is 10.2. The highest BCUT2D eigenvalue weighted by molar-refractivity contribution is 5.32. The van der Waals surface area contributed by atoms with E-state index in [-0.39, 0.29) is 0 Å². The van der Waals surface area contributed by atoms with Gasteiger partial charge >= 0.3 is 0 Å². The second-order valence-electron chi connectivity index (χ2n) is 4.37. The van der Waals surface area contributed by atoms with Crippen molar-refractivity contribution < 1.29 is 5.11 Å². The summed E-state index contributed by atoms with van der Waals surface area (Å²) in [6.07, 6.45) is -0.794. The van der Waals surface area contributed by atoms with Crippen LogP contribution < -0.4 is 0 Å². The maximum atomic E-state index is 10.3. The molecule has 0 spiro atoms. The van der Waals surface area contributed by atoms with Gasteiger partial charge < -0.3 is 5.11 Å². The highest BCUT2D eigenvalue weighted by Crippen LogP contribution is 2.30. The number of nitriles is 1. The predicted octanol–water partition coefficient (Wildman–Crippen LogP) is 3.34. The smallest absolute Gasteiger partial charge is 0.101 e. The maximum Gasteiger partial charge on any atom is 0.101 e. The third-order valence-electron chi connectivity index (χ3n) is 3.03. The summed E-state index contributed by atoms with van der Waals surface area (Å²) in [5.41, 5.74) is 2.75. The fraction of sp³-hybridized carbons (Fsp3) is 0.188. The third kappa shape index (κ3) is 2.58. The standard InChI is InChI=1S/C16H15NO/c1-12-7-9-14(10-8-12)16(18)15(11-17)13-5-3-2-4-6-13/h2-10,15-16,18H,1H3/t15-,16+/m0/s1. The first-order chi connectivity index (χ1) is 8.72. The lowest BCUT2D eigenvalue weighted by Crippen LogP contribution is -2.09. The van der Waals surface area contributed by atoms with E-state index in [2.05, 4.69) is 6.07 Å². The summed E-state index contributed by atoms with van der Waals surface area (Å²) >= 11 is 0. The molecular formula is C16H15NO. The summed E-state index contributed by atoms with van der Waals surface area (Å²) in [6, 6.07) is 19.2. The molecule has 0 saturated heterocycles. The summed E-state index contributed by atoms with van der Waals surface area (Å²) in [6.45, 7) is 2.00. The molecule has 0 fully saturated rings. The molecule has 0 bridgehead atoms. The van der Waals surface area contributed by atoms with Crippen molar-refractivity contribution in [3.63, 3.8) is 0 Å². The van der Waals surface area contributed by atoms with Crippen molar-refractivity contribution in [2.45, 2.75) is 18.9 Å². The summed E-state index contributed by atoms with van der Waals surface area (Å²) in [7, 11) is 0. The first kappa shape index (κ1) is 12.3. The Balaban J connectivity index is 2.29. The summed E-state index contributed by atoms with van der Waals surface area (Å²) in [5.74, 6) is -0.533. The van der Waals surface area contributed by atoms with Crippen molar-refractivity contribution in [3.8, 4) is 6.07 Å². The second-order valence-corrected chi connectivity index (χ2v) is 4.37. The Hall–Kier alpha value is -2.11. The number of aryl methyl sites for hydroxylation is 1. The Morgan fingerprint density at radius 3 is 2.11 bits per heavy atom. The molecule has 0 aliphatic rings. The Labute approximate surface area is 107 Å². The lowest BCUT2D eigenvalue weighted by Gasteiger charge is -2.17. The number of benzene rings is 2. The molecule has 0 amide bonds. The zero-order chi connectivity index (χ0) is 13.0. The Morgan fingerprint density at radius 1 is 0.944 bits per heavy atom. The van der Waals surface area contributed by atoms with Gasteiger partial charge in [0.2, 0.25) is 0 Å². The minimum absolute atomic E-state index is 0.533. The molecule has 0 unspecified atom stereocenters. The van der Waals surface area contributed by atoms with Gasteiger partial charge in [0.25, 0.3) is 0 Å². The molecule has 0 saturated carbocycles. The van der Waals surface area contributed by atoms with Crippen LogP contribution >= 0.6 is 0 Å². The monoisotopic (exact) mass is 237 g/mol. The predicted molar refractivity (Wildman–Crippen MR) is 70.9 cm³/mol. The van der Waals surface area contributed by atoms with Crippen LogP contribution in [0.4, 0.5) is 0 Å². The van der Waals surface area contributed by atoms with Gasteiger partial charge in [0, 0.05) is 0 Å². The van der Waals surface area contributed by atoms with Crippen LogP contribution in [0.15, 0.2) is 54.6 Å². The van der Waals surface area contributed by atoms with E-state index < -0.39 is 12.0 Å². The maximum absolute atomic E-state index is 10.3. The molecule has 2 atom stereocenters. The van der Waals surface area contributed by atoms with Gasteiger partial charge in [-0.05, 0) is 18.1 Å². The van der Waals surface area contributed by atoms with Crippen molar-refractivity contribution >= 4 is 0 Å². The molecule has 0 aromatic heterocycles. The van der Waals surface area contributed by atoms with E-state index in [1.54, 1.807) is 0 Å². The van der Waals surface area contributed by atoms with Gasteiger partial charge in [0.15, 0.2) is 0 Å². The first-order valence-corrected chi connectivity index (χ1v) is 5.91. The molecule has 2 rings (SSSR count). The van der Waals surface area contributed by atoms with E-state index in [1.807, 2.05) is 61.5 Å². The number of rotatable bonds is 3. The van der Waals surface area contributed by atoms with Gasteiger partial charge in [0.1, 0.15) is 5.92 Å². The number of hydrogen-bond acceptors (Lipinski definition) is 2. The molecule has 2 heteroatoms. The van der Waals surface area contributed by atoms with Gasteiger partial charge in [-0.3, -0.25) is 0 Å². The van der Waals surface area contributed by atoms with E-state index in [9.17, 15) is 10.4 Å². The van der Waals surface area contributed by atoms with Gasteiger partial charge in [-0.1, -0.05) is 60.2 Å². The fourth-order valence-corrected chi connectivity index (χ4v) is 1.94. The molecule has 1 N–H and O–H groups in total. The summed E-state index contributed by atoms with van der Waals surface area (Å²) < 4.78 is 0. The van der Waals surface area contributed by atoms with E-state index in [0.717, 1.165) is 16.7 Å². The van der Waals surface area contributed by atoms with Crippen molar-refractivity contribution in [1.29, 1.82) is 5.26 Å². The van der Waals surface area contributed by atoms with Crippen molar-refractivity contribution in [2.24, 2.45) is 0 Å². The zero-order valence-corrected chi connectivity index (χ0v) is 10.2.